The number of carboxylic acid groups (broad SMARTS) is 1. The van der Waals surface area contributed by atoms with E-state index in [4.69, 9.17) is 52.0 Å². The number of nitrogens with two attached hydrogens (primary N) is 1. The summed E-state index contributed by atoms with van der Waals surface area (Å²) < 4.78 is 43.9. The summed E-state index contributed by atoms with van der Waals surface area (Å²) in [4.78, 5) is 23.9. The lowest BCUT2D eigenvalue weighted by Gasteiger charge is -2.39. The van der Waals surface area contributed by atoms with Crippen molar-refractivity contribution in [1.29, 1.82) is 0 Å². The quantitative estimate of drug-likeness (QED) is 0.273. The molecule has 0 aliphatic carbocycles. The van der Waals surface area contributed by atoms with E-state index in [-0.39, 0.29) is 12.4 Å². The minimum absolute atomic E-state index is 0.186. The molecule has 2 aromatic heterocycles. The van der Waals surface area contributed by atoms with E-state index in [1.165, 1.54) is 12.7 Å². The normalized spacial score (nSPS) is 30.4. The Bertz CT molecular complexity index is 1430. The molecule has 4 heterocycles. The number of benzene rings is 1. The smallest absolute Gasteiger partial charge is 0.450 e. The zero-order valence-electron chi connectivity index (χ0n) is 21.1. The van der Waals surface area contributed by atoms with E-state index in [2.05, 4.69) is 15.0 Å². The highest BCUT2D eigenvalue weighted by molar-refractivity contribution is 7.48. The average molecular weight is 602 g/mol. The lowest BCUT2D eigenvalue weighted by atomic mass is 9.96. The fourth-order valence-electron chi connectivity index (χ4n) is 4.85. The second kappa shape index (κ2) is 10.5. The number of fused-ring (bicyclic) bond motifs is 1. The number of hydrogen-bond donors (Lipinski definition) is 2. The van der Waals surface area contributed by atoms with Gasteiger partial charge in [-0.1, -0.05) is 30.1 Å². The summed E-state index contributed by atoms with van der Waals surface area (Å²) in [6, 6.07) is 4.91. The van der Waals surface area contributed by atoms with Gasteiger partial charge in [-0.2, -0.15) is 0 Å². The number of halogens is 2. The average Bonchev–Trinajstić information content (AvgIpc) is 3.38. The van der Waals surface area contributed by atoms with E-state index in [1.807, 2.05) is 0 Å². The summed E-state index contributed by atoms with van der Waals surface area (Å²) in [6.45, 7) is 4.89. The van der Waals surface area contributed by atoms with Gasteiger partial charge in [-0.25, -0.2) is 24.3 Å². The standard InChI is InChI=1S/C23H26Cl2N5O8P/c1-11-18(36-22(31)32)16(35-21(11)30-10-29-17-19(26)27-9-28-20(17)30)8-34-39(33)37-15(7-23(2,3)38-39)12-4-13(24)6-14(25)5-12/h4-6,9-11,15-16,18,21H,7-8H2,1-3H3,(H,31,32)(H2,26,27,28)/t11-,15?,16+,18-,21+,39?/m0/s1. The van der Waals surface area contributed by atoms with Crippen LogP contribution in [0, 0.1) is 5.92 Å². The molecule has 5 rings (SSSR count). The molecule has 210 valence electrons. The van der Waals surface area contributed by atoms with Gasteiger partial charge in [0, 0.05) is 22.4 Å². The highest BCUT2D eigenvalue weighted by Gasteiger charge is 2.50. The van der Waals surface area contributed by atoms with Crippen molar-refractivity contribution in [1.82, 2.24) is 19.5 Å². The van der Waals surface area contributed by atoms with Gasteiger partial charge in [0.2, 0.25) is 0 Å². The molecule has 16 heteroatoms. The van der Waals surface area contributed by atoms with Crippen LogP contribution in [0.4, 0.5) is 10.6 Å². The Morgan fingerprint density at radius 2 is 1.97 bits per heavy atom. The molecule has 39 heavy (non-hydrogen) atoms. The Morgan fingerprint density at radius 3 is 2.67 bits per heavy atom. The highest BCUT2D eigenvalue weighted by Crippen LogP contribution is 2.62. The highest BCUT2D eigenvalue weighted by atomic mass is 35.5. The number of ether oxygens (including phenoxy) is 2. The monoisotopic (exact) mass is 601 g/mol. The van der Waals surface area contributed by atoms with Crippen molar-refractivity contribution in [3.8, 4) is 0 Å². The van der Waals surface area contributed by atoms with Gasteiger partial charge in [0.1, 0.15) is 30.3 Å². The molecular weight excluding hydrogens is 576 g/mol. The van der Waals surface area contributed by atoms with E-state index < -0.39 is 50.0 Å². The Kier molecular flexibility index (Phi) is 7.53. The fourth-order valence-corrected chi connectivity index (χ4v) is 7.07. The summed E-state index contributed by atoms with van der Waals surface area (Å²) in [7, 11) is -4.17. The molecule has 1 aromatic carbocycles. The summed E-state index contributed by atoms with van der Waals surface area (Å²) in [5.74, 6) is -0.333. The third-order valence-electron chi connectivity index (χ3n) is 6.49. The Hall–Kier alpha value is -2.51. The topological polar surface area (TPSA) is 170 Å². The molecule has 2 aliphatic heterocycles. The minimum Gasteiger partial charge on any atom is -0.450 e. The second-order valence-corrected chi connectivity index (χ2v) is 12.4. The molecule has 2 fully saturated rings. The Balaban J connectivity index is 1.38. The first-order valence-electron chi connectivity index (χ1n) is 11.9. The van der Waals surface area contributed by atoms with Gasteiger partial charge in [0.25, 0.3) is 0 Å². The molecule has 2 aliphatic rings. The van der Waals surface area contributed by atoms with Gasteiger partial charge in [0.15, 0.2) is 11.5 Å². The SMILES string of the molecule is C[C@H]1[C@H](OC(=O)O)[C@@H](COP2(=O)OC(c3cc(Cl)cc(Cl)c3)CC(C)(C)O2)O[C@H]1n1cnc2c(N)ncnc21. The third-order valence-corrected chi connectivity index (χ3v) is 8.62. The van der Waals surface area contributed by atoms with Crippen LogP contribution in [0.2, 0.25) is 10.0 Å². The molecule has 3 N–H and O–H groups in total. The molecule has 2 unspecified atom stereocenters. The van der Waals surface area contributed by atoms with Crippen molar-refractivity contribution in [3.63, 3.8) is 0 Å². The summed E-state index contributed by atoms with van der Waals surface area (Å²) in [6.07, 6.45) is -1.81. The van der Waals surface area contributed by atoms with Crippen LogP contribution in [0.3, 0.4) is 0 Å². The number of nitrogen functional groups attached to an aromatic ring is 1. The molecule has 3 aromatic rings. The van der Waals surface area contributed by atoms with E-state index >= 15 is 0 Å². The van der Waals surface area contributed by atoms with Crippen LogP contribution in [-0.2, 0) is 27.6 Å². The Morgan fingerprint density at radius 1 is 1.26 bits per heavy atom. The van der Waals surface area contributed by atoms with E-state index in [0.717, 1.165) is 0 Å². The van der Waals surface area contributed by atoms with Crippen molar-refractivity contribution >= 4 is 54.2 Å². The fraction of sp³-hybridized carbons (Fsp3) is 0.478. The molecule has 0 bridgehead atoms. The summed E-state index contributed by atoms with van der Waals surface area (Å²) in [5.41, 5.74) is 6.37. The zero-order valence-corrected chi connectivity index (χ0v) is 23.5. The van der Waals surface area contributed by atoms with E-state index in [0.29, 0.717) is 33.2 Å². The number of hydrogen-bond acceptors (Lipinski definition) is 11. The van der Waals surface area contributed by atoms with Crippen molar-refractivity contribution in [3.05, 3.63) is 46.5 Å². The van der Waals surface area contributed by atoms with Gasteiger partial charge in [-0.3, -0.25) is 18.1 Å². The first-order valence-corrected chi connectivity index (χ1v) is 14.1. The summed E-state index contributed by atoms with van der Waals surface area (Å²) >= 11 is 12.3. The molecule has 0 radical (unpaired) electrons. The van der Waals surface area contributed by atoms with Crippen LogP contribution in [0.15, 0.2) is 30.9 Å². The minimum atomic E-state index is -4.17. The van der Waals surface area contributed by atoms with Crippen LogP contribution >= 0.6 is 31.0 Å². The Labute approximate surface area is 233 Å². The number of anilines is 1. The van der Waals surface area contributed by atoms with Gasteiger partial charge < -0.3 is 20.3 Å². The number of phosphoric acid groups is 1. The maximum absolute atomic E-state index is 13.7. The second-order valence-electron chi connectivity index (χ2n) is 9.95. The number of phosphoric ester groups is 1. The van der Waals surface area contributed by atoms with Crippen molar-refractivity contribution in [2.45, 2.75) is 57.3 Å². The van der Waals surface area contributed by atoms with Crippen LogP contribution in [0.5, 0.6) is 0 Å². The molecular formula is C23H26Cl2N5O8P. The zero-order chi connectivity index (χ0) is 28.1. The molecule has 13 nitrogen and oxygen atoms in total. The first kappa shape index (κ1) is 28.0. The molecule has 0 spiro atoms. The van der Waals surface area contributed by atoms with Crippen LogP contribution in [0.25, 0.3) is 11.2 Å². The number of rotatable bonds is 6. The van der Waals surface area contributed by atoms with Crippen molar-refractivity contribution < 1.29 is 37.5 Å². The van der Waals surface area contributed by atoms with Crippen LogP contribution in [0.1, 0.15) is 45.1 Å². The van der Waals surface area contributed by atoms with E-state index in [1.54, 1.807) is 43.5 Å². The maximum Gasteiger partial charge on any atom is 0.506 e. The van der Waals surface area contributed by atoms with Crippen LogP contribution < -0.4 is 5.73 Å². The molecule has 2 saturated heterocycles. The van der Waals surface area contributed by atoms with Crippen molar-refractivity contribution in [2.75, 3.05) is 12.3 Å². The third kappa shape index (κ3) is 5.85. The predicted molar refractivity (Wildman–Crippen MR) is 139 cm³/mol. The summed E-state index contributed by atoms with van der Waals surface area (Å²) in [5, 5.41) is 10.2. The lowest BCUT2D eigenvalue weighted by Crippen LogP contribution is -2.36. The lowest BCUT2D eigenvalue weighted by molar-refractivity contribution is -0.0811. The molecule has 6 atom stereocenters. The molecule has 0 saturated carbocycles. The van der Waals surface area contributed by atoms with Crippen molar-refractivity contribution in [2.24, 2.45) is 5.92 Å². The van der Waals surface area contributed by atoms with Gasteiger partial charge in [0.05, 0.1) is 24.6 Å². The number of carbonyl (C=O) groups is 1. The van der Waals surface area contributed by atoms with Gasteiger partial charge >= 0.3 is 14.0 Å². The number of nitrogens with zero attached hydrogens (tertiary/aromatic N) is 4. The van der Waals surface area contributed by atoms with Crippen LogP contribution in [-0.4, -0.2) is 55.2 Å². The number of imidazole rings is 1. The maximum atomic E-state index is 13.7. The molecule has 0 amide bonds. The largest absolute Gasteiger partial charge is 0.506 e. The van der Waals surface area contributed by atoms with Gasteiger partial charge in [-0.15, -0.1) is 0 Å². The van der Waals surface area contributed by atoms with Gasteiger partial charge in [-0.05, 0) is 37.6 Å². The predicted octanol–water partition coefficient (Wildman–Crippen LogP) is 5.39. The van der Waals surface area contributed by atoms with E-state index in [9.17, 15) is 14.5 Å². The first-order chi connectivity index (χ1) is 18.3. The number of aromatic nitrogens is 4.